The number of thioether (sulfide) groups is 1. The van der Waals surface area contributed by atoms with Crippen LogP contribution >= 0.6 is 11.8 Å². The van der Waals surface area contributed by atoms with E-state index in [1.54, 1.807) is 11.8 Å². The molecule has 28 heavy (non-hydrogen) atoms. The van der Waals surface area contributed by atoms with E-state index in [2.05, 4.69) is 61.5 Å². The van der Waals surface area contributed by atoms with Crippen LogP contribution in [0.25, 0.3) is 11.3 Å². The van der Waals surface area contributed by atoms with Gasteiger partial charge in [0.05, 0.1) is 11.4 Å². The molecule has 1 aromatic carbocycles. The van der Waals surface area contributed by atoms with Gasteiger partial charge in [0.25, 0.3) is 0 Å². The van der Waals surface area contributed by atoms with Gasteiger partial charge in [0.1, 0.15) is 5.65 Å². The van der Waals surface area contributed by atoms with E-state index < -0.39 is 0 Å². The van der Waals surface area contributed by atoms with Crippen LogP contribution in [0.5, 0.6) is 0 Å². The summed E-state index contributed by atoms with van der Waals surface area (Å²) in [7, 11) is 0. The monoisotopic (exact) mass is 390 g/mol. The number of aryl methyl sites for hydroxylation is 1. The number of imidazole rings is 1. The topological polar surface area (TPSA) is 51.3 Å². The first kappa shape index (κ1) is 17.3. The van der Waals surface area contributed by atoms with Gasteiger partial charge in [0.2, 0.25) is 5.95 Å². The van der Waals surface area contributed by atoms with E-state index in [0.29, 0.717) is 0 Å². The highest BCUT2D eigenvalue weighted by Crippen LogP contribution is 2.30. The van der Waals surface area contributed by atoms with Gasteiger partial charge in [-0.3, -0.25) is 4.57 Å². The molecule has 7 heteroatoms. The molecule has 1 saturated heterocycles. The average Bonchev–Trinajstić information content (AvgIpc) is 3.45. The van der Waals surface area contributed by atoms with Crippen molar-refractivity contribution < 1.29 is 0 Å². The smallest absolute Gasteiger partial charge is 0.232 e. The minimum Gasteiger partial charge on any atom is -0.341 e. The molecule has 6 nitrogen and oxygen atoms in total. The van der Waals surface area contributed by atoms with Crippen LogP contribution in [0.3, 0.4) is 0 Å². The second-order valence-electron chi connectivity index (χ2n) is 7.13. The molecule has 4 heterocycles. The van der Waals surface area contributed by atoms with Gasteiger partial charge in [-0.15, -0.1) is 10.2 Å². The molecule has 0 N–H and O–H groups in total. The zero-order valence-electron chi connectivity index (χ0n) is 15.8. The van der Waals surface area contributed by atoms with Crippen LogP contribution < -0.4 is 4.90 Å². The van der Waals surface area contributed by atoms with Crippen LogP contribution in [-0.2, 0) is 5.75 Å². The highest BCUT2D eigenvalue weighted by Gasteiger charge is 2.22. The van der Waals surface area contributed by atoms with Gasteiger partial charge in [-0.2, -0.15) is 0 Å². The Bertz CT molecular complexity index is 1060. The highest BCUT2D eigenvalue weighted by molar-refractivity contribution is 7.98. The van der Waals surface area contributed by atoms with Crippen molar-refractivity contribution in [3.63, 3.8) is 0 Å². The van der Waals surface area contributed by atoms with Crippen LogP contribution in [0.1, 0.15) is 24.1 Å². The first-order valence-corrected chi connectivity index (χ1v) is 10.6. The molecule has 1 aliphatic heterocycles. The fourth-order valence-corrected chi connectivity index (χ4v) is 4.42. The van der Waals surface area contributed by atoms with E-state index in [0.717, 1.165) is 47.0 Å². The summed E-state index contributed by atoms with van der Waals surface area (Å²) in [5.74, 6) is 1.70. The van der Waals surface area contributed by atoms with Crippen molar-refractivity contribution in [3.8, 4) is 5.69 Å². The maximum Gasteiger partial charge on any atom is 0.232 e. The quantitative estimate of drug-likeness (QED) is 0.480. The van der Waals surface area contributed by atoms with Crippen LogP contribution in [0.2, 0.25) is 0 Å². The number of hydrogen-bond acceptors (Lipinski definition) is 5. The van der Waals surface area contributed by atoms with Gasteiger partial charge < -0.3 is 9.30 Å². The van der Waals surface area contributed by atoms with Crippen LogP contribution in [0, 0.1) is 6.92 Å². The molecule has 0 amide bonds. The molecule has 0 aliphatic carbocycles. The number of hydrogen-bond donors (Lipinski definition) is 0. The first-order chi connectivity index (χ1) is 13.8. The number of pyridine rings is 1. The minimum absolute atomic E-state index is 0.756. The van der Waals surface area contributed by atoms with Crippen molar-refractivity contribution in [1.82, 2.24) is 24.1 Å². The molecule has 0 radical (unpaired) electrons. The van der Waals surface area contributed by atoms with Gasteiger partial charge in [0, 0.05) is 31.2 Å². The van der Waals surface area contributed by atoms with Crippen molar-refractivity contribution in [2.24, 2.45) is 0 Å². The van der Waals surface area contributed by atoms with E-state index in [-0.39, 0.29) is 0 Å². The number of nitrogens with zero attached hydrogens (tertiary/aromatic N) is 6. The number of benzene rings is 1. The summed E-state index contributed by atoms with van der Waals surface area (Å²) in [6, 6.07) is 14.6. The normalized spacial score (nSPS) is 14.2. The highest BCUT2D eigenvalue weighted by atomic mass is 32.2. The molecule has 0 bridgehead atoms. The van der Waals surface area contributed by atoms with Gasteiger partial charge in [-0.25, -0.2) is 4.98 Å². The molecule has 142 valence electrons. The summed E-state index contributed by atoms with van der Waals surface area (Å²) in [4.78, 5) is 7.04. The Morgan fingerprint density at radius 2 is 1.82 bits per heavy atom. The summed E-state index contributed by atoms with van der Waals surface area (Å²) in [5.41, 5.74) is 4.36. The third-order valence-corrected chi connectivity index (χ3v) is 6.02. The fourth-order valence-electron chi connectivity index (χ4n) is 3.59. The lowest BCUT2D eigenvalue weighted by molar-refractivity contribution is 0.841. The molecule has 4 aromatic rings. The summed E-state index contributed by atoms with van der Waals surface area (Å²) >= 11 is 1.68. The SMILES string of the molecule is Cc1ccc(-n2c(SCc3cn4ccccc4n3)nnc2N2CCCC2)cc1. The molecule has 0 spiro atoms. The summed E-state index contributed by atoms with van der Waals surface area (Å²) in [6.07, 6.45) is 6.53. The Kier molecular flexibility index (Phi) is 4.52. The standard InChI is InChI=1S/C21H22N6S/c1-16-7-9-18(10-8-16)27-20(25-11-4-5-12-25)23-24-21(27)28-15-17-14-26-13-3-2-6-19(26)22-17/h2-3,6-10,13-14H,4-5,11-12,15H2,1H3. The van der Waals surface area contributed by atoms with Crippen molar-refractivity contribution in [1.29, 1.82) is 0 Å². The number of anilines is 1. The zero-order valence-corrected chi connectivity index (χ0v) is 16.6. The van der Waals surface area contributed by atoms with E-state index in [1.165, 1.54) is 18.4 Å². The zero-order chi connectivity index (χ0) is 18.9. The molecule has 0 atom stereocenters. The Morgan fingerprint density at radius 3 is 2.61 bits per heavy atom. The molecule has 1 aliphatic rings. The molecular formula is C21H22N6S. The van der Waals surface area contributed by atoms with E-state index >= 15 is 0 Å². The van der Waals surface area contributed by atoms with Crippen molar-refractivity contribution in [3.05, 3.63) is 66.1 Å². The summed E-state index contributed by atoms with van der Waals surface area (Å²) < 4.78 is 4.24. The maximum atomic E-state index is 4.70. The largest absolute Gasteiger partial charge is 0.341 e. The number of fused-ring (bicyclic) bond motifs is 1. The number of aromatic nitrogens is 5. The van der Waals surface area contributed by atoms with E-state index in [9.17, 15) is 0 Å². The maximum absolute atomic E-state index is 4.70. The number of rotatable bonds is 5. The summed E-state index contributed by atoms with van der Waals surface area (Å²) in [6.45, 7) is 4.19. The third-order valence-electron chi connectivity index (χ3n) is 5.06. The molecule has 1 fully saturated rings. The lowest BCUT2D eigenvalue weighted by Crippen LogP contribution is -2.22. The van der Waals surface area contributed by atoms with Gasteiger partial charge >= 0.3 is 0 Å². The van der Waals surface area contributed by atoms with Gasteiger partial charge in [-0.1, -0.05) is 35.5 Å². The molecule has 0 saturated carbocycles. The predicted octanol–water partition coefficient (Wildman–Crippen LogP) is 4.12. The van der Waals surface area contributed by atoms with E-state index in [1.807, 2.05) is 24.4 Å². The summed E-state index contributed by atoms with van der Waals surface area (Å²) in [5, 5.41) is 9.98. The molecule has 5 rings (SSSR count). The average molecular weight is 391 g/mol. The van der Waals surface area contributed by atoms with Crippen LogP contribution in [0.15, 0.2) is 60.0 Å². The van der Waals surface area contributed by atoms with Crippen molar-refractivity contribution in [2.45, 2.75) is 30.7 Å². The van der Waals surface area contributed by atoms with Gasteiger partial charge in [0.15, 0.2) is 5.16 Å². The predicted molar refractivity (Wildman–Crippen MR) is 112 cm³/mol. The van der Waals surface area contributed by atoms with Crippen LogP contribution in [0.4, 0.5) is 5.95 Å². The van der Waals surface area contributed by atoms with Crippen molar-refractivity contribution in [2.75, 3.05) is 18.0 Å². The second kappa shape index (κ2) is 7.31. The molecule has 3 aromatic heterocycles. The van der Waals surface area contributed by atoms with E-state index in [4.69, 9.17) is 4.98 Å². The molecular weight excluding hydrogens is 368 g/mol. The molecule has 0 unspecified atom stereocenters. The Hall–Kier alpha value is -2.80. The second-order valence-corrected chi connectivity index (χ2v) is 8.08. The van der Waals surface area contributed by atoms with Crippen molar-refractivity contribution >= 4 is 23.4 Å². The lowest BCUT2D eigenvalue weighted by atomic mass is 10.2. The fraction of sp³-hybridized carbons (Fsp3) is 0.286. The Labute approximate surface area is 168 Å². The third kappa shape index (κ3) is 3.26. The lowest BCUT2D eigenvalue weighted by Gasteiger charge is -2.18. The Morgan fingerprint density at radius 1 is 1.00 bits per heavy atom. The Balaban J connectivity index is 1.47. The first-order valence-electron chi connectivity index (χ1n) is 9.61. The van der Waals surface area contributed by atoms with Crippen LogP contribution in [-0.4, -0.2) is 37.2 Å². The van der Waals surface area contributed by atoms with Gasteiger partial charge in [-0.05, 0) is 44.0 Å². The minimum atomic E-state index is 0.756.